The van der Waals surface area contributed by atoms with Crippen LogP contribution in [0.5, 0.6) is 5.75 Å². The number of carbonyl (C=O) groups is 2. The largest absolute Gasteiger partial charge is 0.478 e. The average molecular weight is 755 g/mol. The Morgan fingerprint density at radius 2 is 1.58 bits per heavy atom. The first-order chi connectivity index (χ1) is 24.0. The number of hydrogen-bond acceptors (Lipinski definition) is 7. The Bertz CT molecular complexity index is 1450. The molecule has 8 atom stereocenters. The molecule has 1 aromatic rings. The number of hydrogen-bond donors (Lipinski definition) is 0. The average Bonchev–Trinajstić information content (AvgIpc) is 3.01. The fourth-order valence-corrected chi connectivity index (χ4v) is 10.1. The first kappa shape index (κ1) is 42.5. The van der Waals surface area contributed by atoms with Gasteiger partial charge >= 0.3 is 11.9 Å². The predicted molar refractivity (Wildman–Crippen MR) is 216 cm³/mol. The van der Waals surface area contributed by atoms with Crippen molar-refractivity contribution in [3.05, 3.63) is 53.6 Å². The van der Waals surface area contributed by atoms with E-state index in [-0.39, 0.29) is 70.1 Å². The molecule has 0 spiro atoms. The third kappa shape index (κ3) is 10.3. The molecule has 1 heterocycles. The van der Waals surface area contributed by atoms with Gasteiger partial charge in [-0.25, -0.2) is 4.79 Å². The Balaban J connectivity index is 1.59. The van der Waals surface area contributed by atoms with Gasteiger partial charge in [0.25, 0.3) is 0 Å². The third-order valence-electron chi connectivity index (χ3n) is 12.6. The van der Waals surface area contributed by atoms with E-state index in [0.717, 1.165) is 30.6 Å². The summed E-state index contributed by atoms with van der Waals surface area (Å²) in [5.74, 6) is 0.958. The predicted octanol–water partition coefficient (Wildman–Crippen LogP) is 10.9. The quantitative estimate of drug-likeness (QED) is 0.146. The van der Waals surface area contributed by atoms with Crippen LogP contribution in [0.4, 0.5) is 0 Å². The van der Waals surface area contributed by atoms with Gasteiger partial charge in [-0.2, -0.15) is 0 Å². The van der Waals surface area contributed by atoms with Gasteiger partial charge in [-0.3, -0.25) is 4.79 Å². The molecule has 0 radical (unpaired) electrons. The van der Waals surface area contributed by atoms with E-state index >= 15 is 0 Å². The molecule has 0 aromatic heterocycles. The van der Waals surface area contributed by atoms with E-state index in [2.05, 4.69) is 113 Å². The second-order valence-corrected chi connectivity index (χ2v) is 28.6. The first-order valence-corrected chi connectivity index (χ1v) is 25.8. The van der Waals surface area contributed by atoms with Gasteiger partial charge in [-0.15, -0.1) is 0 Å². The van der Waals surface area contributed by atoms with Crippen LogP contribution in [-0.2, 0) is 27.9 Å². The molecule has 1 aliphatic heterocycles. The Morgan fingerprint density at radius 3 is 2.19 bits per heavy atom. The molecule has 292 valence electrons. The lowest BCUT2D eigenvalue weighted by molar-refractivity contribution is -0.164. The summed E-state index contributed by atoms with van der Waals surface area (Å²) >= 11 is 0. The number of rotatable bonds is 13. The van der Waals surface area contributed by atoms with E-state index in [1.54, 1.807) is 0 Å². The summed E-state index contributed by atoms with van der Waals surface area (Å²) in [6.07, 6.45) is 8.97. The molecule has 1 saturated heterocycles. The number of esters is 2. The van der Waals surface area contributed by atoms with Crippen LogP contribution in [0.25, 0.3) is 0 Å². The number of ether oxygens (including phenoxy) is 3. The summed E-state index contributed by atoms with van der Waals surface area (Å²) in [5.41, 5.74) is 2.25. The smallest absolute Gasteiger partial charge is 0.347 e. The molecular formula is C43H70O7Si2. The Hall–Kier alpha value is -2.21. The van der Waals surface area contributed by atoms with E-state index in [9.17, 15) is 9.59 Å². The molecule has 0 bridgehead atoms. The normalized spacial score (nSPS) is 27.8. The van der Waals surface area contributed by atoms with E-state index in [1.807, 2.05) is 25.1 Å². The molecule has 2 aliphatic carbocycles. The number of cyclic esters (lactones) is 1. The molecule has 3 aliphatic rings. The van der Waals surface area contributed by atoms with Crippen molar-refractivity contribution >= 4 is 28.6 Å². The van der Waals surface area contributed by atoms with Crippen molar-refractivity contribution in [1.29, 1.82) is 0 Å². The van der Waals surface area contributed by atoms with E-state index < -0.39 is 22.7 Å². The number of allylic oxidation sites excluding steroid dienone is 2. The summed E-state index contributed by atoms with van der Waals surface area (Å²) in [7, 11) is -4.16. The summed E-state index contributed by atoms with van der Waals surface area (Å²) in [4.78, 5) is 27.0. The molecule has 0 saturated carbocycles. The molecule has 0 amide bonds. The monoisotopic (exact) mass is 754 g/mol. The van der Waals surface area contributed by atoms with Crippen molar-refractivity contribution in [2.24, 2.45) is 17.8 Å². The summed E-state index contributed by atoms with van der Waals surface area (Å²) in [6.45, 7) is 31.0. The molecule has 52 heavy (non-hydrogen) atoms. The van der Waals surface area contributed by atoms with Crippen LogP contribution in [0.3, 0.4) is 0 Å². The Kier molecular flexibility index (Phi) is 13.6. The van der Waals surface area contributed by atoms with Gasteiger partial charge in [0.15, 0.2) is 22.7 Å². The lowest BCUT2D eigenvalue weighted by atomic mass is 9.66. The number of para-hydroxylation sites is 1. The number of fused-ring (bicyclic) bond motifs is 1. The summed E-state index contributed by atoms with van der Waals surface area (Å²) in [6, 6.07) is 7.96. The van der Waals surface area contributed by atoms with Crippen LogP contribution in [0.2, 0.25) is 36.3 Å². The van der Waals surface area contributed by atoms with Crippen LogP contribution in [0.1, 0.15) is 119 Å². The highest BCUT2D eigenvalue weighted by Gasteiger charge is 2.47. The van der Waals surface area contributed by atoms with Gasteiger partial charge in [0.1, 0.15) is 18.0 Å². The van der Waals surface area contributed by atoms with Gasteiger partial charge in [-0.1, -0.05) is 106 Å². The maximum Gasteiger partial charge on any atom is 0.347 e. The van der Waals surface area contributed by atoms with Gasteiger partial charge in [0.2, 0.25) is 0 Å². The SMILES string of the molecule is CCC(Oc1ccccc1C(C)C)C(=O)O[C@H]1C[C@H](O[Si](C)(C)C(C)(C)C)C=C2C=C[C@H](C)[C@H](CC[C@@H]3C[C@@H](O[Si](C)(C)C(C)(C)C)CC(=O)O3)[C@H]21. The molecular weight excluding hydrogens is 685 g/mol. The van der Waals surface area contributed by atoms with Crippen molar-refractivity contribution in [1.82, 2.24) is 0 Å². The summed E-state index contributed by atoms with van der Waals surface area (Å²) < 4.78 is 32.7. The molecule has 0 N–H and O–H groups in total. The second kappa shape index (κ2) is 16.7. The van der Waals surface area contributed by atoms with Crippen LogP contribution in [-0.4, -0.2) is 59.1 Å². The van der Waals surface area contributed by atoms with Gasteiger partial charge in [0.05, 0.1) is 18.6 Å². The van der Waals surface area contributed by atoms with Gasteiger partial charge < -0.3 is 23.1 Å². The lowest BCUT2D eigenvalue weighted by Crippen LogP contribution is -2.49. The molecule has 7 nitrogen and oxygen atoms in total. The molecule has 1 aromatic carbocycles. The van der Waals surface area contributed by atoms with Crippen molar-refractivity contribution in [3.8, 4) is 5.75 Å². The maximum atomic E-state index is 14.1. The first-order valence-electron chi connectivity index (χ1n) is 19.9. The lowest BCUT2D eigenvalue weighted by Gasteiger charge is -2.46. The molecule has 1 unspecified atom stereocenters. The van der Waals surface area contributed by atoms with Crippen LogP contribution in [0.15, 0.2) is 48.1 Å². The zero-order chi connectivity index (χ0) is 38.8. The van der Waals surface area contributed by atoms with Crippen molar-refractivity contribution in [2.45, 2.75) is 180 Å². The van der Waals surface area contributed by atoms with Crippen LogP contribution in [0, 0.1) is 17.8 Å². The third-order valence-corrected chi connectivity index (χ3v) is 21.7. The Morgan fingerprint density at radius 1 is 0.942 bits per heavy atom. The fraction of sp³-hybridized carbons (Fsp3) is 0.721. The molecule has 1 fully saturated rings. The number of carbonyl (C=O) groups excluding carboxylic acids is 2. The van der Waals surface area contributed by atoms with Gasteiger partial charge in [-0.05, 0) is 90.5 Å². The van der Waals surface area contributed by atoms with E-state index in [0.29, 0.717) is 19.3 Å². The van der Waals surface area contributed by atoms with Crippen LogP contribution >= 0.6 is 0 Å². The second-order valence-electron chi connectivity index (χ2n) is 19.0. The topological polar surface area (TPSA) is 80.3 Å². The Labute approximate surface area is 317 Å². The van der Waals surface area contributed by atoms with Gasteiger partial charge in [0, 0.05) is 18.8 Å². The highest BCUT2D eigenvalue weighted by Crippen LogP contribution is 2.47. The van der Waals surface area contributed by atoms with Crippen molar-refractivity contribution in [3.63, 3.8) is 0 Å². The van der Waals surface area contributed by atoms with Crippen molar-refractivity contribution in [2.75, 3.05) is 0 Å². The maximum absolute atomic E-state index is 14.1. The molecule has 9 heteroatoms. The minimum atomic E-state index is -2.12. The molecule has 4 rings (SSSR count). The summed E-state index contributed by atoms with van der Waals surface area (Å²) in [5, 5.41) is 0.109. The van der Waals surface area contributed by atoms with E-state index in [1.165, 1.54) is 5.57 Å². The number of benzene rings is 1. The minimum absolute atomic E-state index is 0.00208. The zero-order valence-corrected chi connectivity index (χ0v) is 36.8. The zero-order valence-electron chi connectivity index (χ0n) is 34.8. The standard InChI is InChI=1S/C43H70O7Si2/c1-15-36(47-37-19-17-16-18-34(37)28(2)3)41(45)48-38-26-32(49-51(11,12)42(5,6)7)24-30-21-20-29(4)35(40(30)38)23-22-31-25-33(27-39(44)46-31)50-52(13,14)43(8,9)10/h16-21,24,28-29,31-33,35-36,38,40H,15,22-23,25-27H2,1-14H3/t29-,31+,32+,33+,35-,36?,38-,40-/m0/s1. The minimum Gasteiger partial charge on any atom is -0.478 e. The van der Waals surface area contributed by atoms with E-state index in [4.69, 9.17) is 23.1 Å². The fourth-order valence-electron chi connectivity index (χ4n) is 7.43. The van der Waals surface area contributed by atoms with Crippen molar-refractivity contribution < 1.29 is 32.7 Å². The van der Waals surface area contributed by atoms with Crippen LogP contribution < -0.4 is 4.74 Å². The highest BCUT2D eigenvalue weighted by molar-refractivity contribution is 6.74. The highest BCUT2D eigenvalue weighted by atomic mass is 28.4.